The number of benzene rings is 1. The molecule has 0 aliphatic rings. The first-order valence-corrected chi connectivity index (χ1v) is 6.84. The third-order valence-electron chi connectivity index (χ3n) is 2.62. The fraction of sp³-hybridized carbons (Fsp3) is 0.214. The van der Waals surface area contributed by atoms with Crippen molar-refractivity contribution in [3.8, 4) is 10.6 Å². The molecule has 0 atom stereocenters. The van der Waals surface area contributed by atoms with Gasteiger partial charge in [0.25, 0.3) is 5.91 Å². The van der Waals surface area contributed by atoms with Crippen LogP contribution in [0.2, 0.25) is 0 Å². The van der Waals surface area contributed by atoms with Crippen LogP contribution in [0.1, 0.15) is 15.4 Å². The van der Waals surface area contributed by atoms with Crippen molar-refractivity contribution < 1.29 is 14.3 Å². The van der Waals surface area contributed by atoms with Gasteiger partial charge in [-0.25, -0.2) is 9.78 Å². The van der Waals surface area contributed by atoms with Gasteiger partial charge >= 0.3 is 5.97 Å². The first kappa shape index (κ1) is 14.2. The van der Waals surface area contributed by atoms with Gasteiger partial charge in [-0.3, -0.25) is 4.79 Å². The van der Waals surface area contributed by atoms with Gasteiger partial charge in [0.2, 0.25) is 0 Å². The number of rotatable bonds is 4. The van der Waals surface area contributed by atoms with Crippen LogP contribution in [-0.2, 0) is 9.53 Å². The SMILES string of the molecule is CNC(=O)COC(=O)c1sc(-c2ccccc2)nc1C. The third-order valence-corrected chi connectivity index (χ3v) is 3.80. The Balaban J connectivity index is 2.15. The van der Waals surface area contributed by atoms with Crippen molar-refractivity contribution in [3.05, 3.63) is 40.9 Å². The highest BCUT2D eigenvalue weighted by molar-refractivity contribution is 7.17. The Bertz CT molecular complexity index is 623. The summed E-state index contributed by atoms with van der Waals surface area (Å²) in [6, 6.07) is 9.60. The van der Waals surface area contributed by atoms with E-state index in [1.54, 1.807) is 6.92 Å². The molecule has 0 aliphatic carbocycles. The van der Waals surface area contributed by atoms with Gasteiger partial charge in [0.1, 0.15) is 9.88 Å². The third kappa shape index (κ3) is 3.21. The second-order valence-electron chi connectivity index (χ2n) is 4.05. The number of ether oxygens (including phenoxy) is 1. The lowest BCUT2D eigenvalue weighted by atomic mass is 10.2. The second kappa shape index (κ2) is 6.29. The molecule has 0 bridgehead atoms. The van der Waals surface area contributed by atoms with Crippen molar-refractivity contribution in [1.82, 2.24) is 10.3 Å². The van der Waals surface area contributed by atoms with Crippen LogP contribution in [0.15, 0.2) is 30.3 Å². The molecule has 1 N–H and O–H groups in total. The van der Waals surface area contributed by atoms with Gasteiger partial charge < -0.3 is 10.1 Å². The summed E-state index contributed by atoms with van der Waals surface area (Å²) in [5.41, 5.74) is 1.56. The summed E-state index contributed by atoms with van der Waals surface area (Å²) >= 11 is 1.26. The maximum Gasteiger partial charge on any atom is 0.350 e. The number of thiazole rings is 1. The summed E-state index contributed by atoms with van der Waals surface area (Å²) in [5, 5.41) is 3.15. The number of amides is 1. The number of aryl methyl sites for hydroxylation is 1. The molecule has 2 aromatic rings. The fourth-order valence-electron chi connectivity index (χ4n) is 1.56. The summed E-state index contributed by atoms with van der Waals surface area (Å²) in [4.78, 5) is 27.7. The lowest BCUT2D eigenvalue weighted by Gasteiger charge is -2.01. The van der Waals surface area contributed by atoms with Gasteiger partial charge in [-0.1, -0.05) is 30.3 Å². The first-order valence-electron chi connectivity index (χ1n) is 6.02. The van der Waals surface area contributed by atoms with Gasteiger partial charge in [-0.2, -0.15) is 0 Å². The Kier molecular flexibility index (Phi) is 4.47. The van der Waals surface area contributed by atoms with Crippen molar-refractivity contribution in [2.24, 2.45) is 0 Å². The normalized spacial score (nSPS) is 10.1. The Morgan fingerprint density at radius 3 is 2.65 bits per heavy atom. The minimum absolute atomic E-state index is 0.284. The van der Waals surface area contributed by atoms with Gasteiger partial charge in [-0.05, 0) is 6.92 Å². The zero-order chi connectivity index (χ0) is 14.5. The maximum absolute atomic E-state index is 11.9. The number of hydrogen-bond acceptors (Lipinski definition) is 5. The molecular formula is C14H14N2O3S. The van der Waals surface area contributed by atoms with Crippen LogP contribution in [0.3, 0.4) is 0 Å². The van der Waals surface area contributed by atoms with E-state index in [1.807, 2.05) is 30.3 Å². The molecule has 104 valence electrons. The van der Waals surface area contributed by atoms with E-state index in [0.29, 0.717) is 10.6 Å². The molecule has 0 saturated carbocycles. The minimum atomic E-state index is -0.522. The largest absolute Gasteiger partial charge is 0.451 e. The Morgan fingerprint density at radius 2 is 2.00 bits per heavy atom. The van der Waals surface area contributed by atoms with E-state index in [2.05, 4.69) is 10.3 Å². The smallest absolute Gasteiger partial charge is 0.350 e. The van der Waals surface area contributed by atoms with E-state index in [1.165, 1.54) is 18.4 Å². The Labute approximate surface area is 120 Å². The molecule has 6 heteroatoms. The van der Waals surface area contributed by atoms with Crippen molar-refractivity contribution in [2.75, 3.05) is 13.7 Å². The highest BCUT2D eigenvalue weighted by Crippen LogP contribution is 2.28. The van der Waals surface area contributed by atoms with Crippen LogP contribution < -0.4 is 5.32 Å². The molecule has 1 aromatic carbocycles. The number of carbonyl (C=O) groups is 2. The molecular weight excluding hydrogens is 276 g/mol. The van der Waals surface area contributed by atoms with Crippen LogP contribution in [0.4, 0.5) is 0 Å². The number of esters is 1. The van der Waals surface area contributed by atoms with Crippen LogP contribution in [0.25, 0.3) is 10.6 Å². The summed E-state index contributed by atoms with van der Waals surface area (Å²) in [5.74, 6) is -0.866. The molecule has 0 spiro atoms. The molecule has 2 rings (SSSR count). The van der Waals surface area contributed by atoms with Crippen LogP contribution in [-0.4, -0.2) is 30.5 Å². The monoisotopic (exact) mass is 290 g/mol. The average molecular weight is 290 g/mol. The van der Waals surface area contributed by atoms with Crippen molar-refractivity contribution in [2.45, 2.75) is 6.92 Å². The minimum Gasteiger partial charge on any atom is -0.451 e. The van der Waals surface area contributed by atoms with Gasteiger partial charge in [-0.15, -0.1) is 11.3 Å². The highest BCUT2D eigenvalue weighted by atomic mass is 32.1. The zero-order valence-electron chi connectivity index (χ0n) is 11.2. The van der Waals surface area contributed by atoms with Gasteiger partial charge in [0.05, 0.1) is 5.69 Å². The lowest BCUT2D eigenvalue weighted by Crippen LogP contribution is -2.25. The Hall–Kier alpha value is -2.21. The fourth-order valence-corrected chi connectivity index (χ4v) is 2.52. The van der Waals surface area contributed by atoms with Gasteiger partial charge in [0.15, 0.2) is 6.61 Å². The van der Waals surface area contributed by atoms with Gasteiger partial charge in [0, 0.05) is 12.6 Å². The summed E-state index contributed by atoms with van der Waals surface area (Å²) in [7, 11) is 1.49. The molecule has 5 nitrogen and oxygen atoms in total. The molecule has 0 radical (unpaired) electrons. The maximum atomic E-state index is 11.9. The topological polar surface area (TPSA) is 68.3 Å². The number of aromatic nitrogens is 1. The van der Waals surface area contributed by atoms with Crippen molar-refractivity contribution >= 4 is 23.2 Å². The van der Waals surface area contributed by atoms with E-state index in [4.69, 9.17) is 4.74 Å². The molecule has 0 unspecified atom stereocenters. The van der Waals surface area contributed by atoms with E-state index in [9.17, 15) is 9.59 Å². The van der Waals surface area contributed by atoms with E-state index < -0.39 is 5.97 Å². The van der Waals surface area contributed by atoms with Crippen LogP contribution in [0.5, 0.6) is 0 Å². The van der Waals surface area contributed by atoms with E-state index >= 15 is 0 Å². The molecule has 1 amide bonds. The average Bonchev–Trinajstić information content (AvgIpc) is 2.87. The quantitative estimate of drug-likeness (QED) is 0.875. The van der Waals surface area contributed by atoms with E-state index in [-0.39, 0.29) is 12.5 Å². The standard InChI is InChI=1S/C14H14N2O3S/c1-9-12(14(18)19-8-11(17)15-2)20-13(16-9)10-6-4-3-5-7-10/h3-7H,8H2,1-2H3,(H,15,17). The van der Waals surface area contributed by atoms with Crippen molar-refractivity contribution in [3.63, 3.8) is 0 Å². The predicted molar refractivity (Wildman–Crippen MR) is 76.6 cm³/mol. The highest BCUT2D eigenvalue weighted by Gasteiger charge is 2.18. The number of nitrogens with one attached hydrogen (secondary N) is 1. The van der Waals surface area contributed by atoms with Crippen LogP contribution >= 0.6 is 11.3 Å². The molecule has 20 heavy (non-hydrogen) atoms. The van der Waals surface area contributed by atoms with E-state index in [0.717, 1.165) is 10.6 Å². The summed E-state index contributed by atoms with van der Waals surface area (Å²) < 4.78 is 4.93. The predicted octanol–water partition coefficient (Wildman–Crippen LogP) is 2.02. The number of hydrogen-bond donors (Lipinski definition) is 1. The first-order chi connectivity index (χ1) is 9.61. The second-order valence-corrected chi connectivity index (χ2v) is 5.05. The number of carbonyl (C=O) groups excluding carboxylic acids is 2. The molecule has 1 aromatic heterocycles. The number of likely N-dealkylation sites (N-methyl/N-ethyl adjacent to an activating group) is 1. The molecule has 0 fully saturated rings. The van der Waals surface area contributed by atoms with Crippen LogP contribution in [0, 0.1) is 6.92 Å². The summed E-state index contributed by atoms with van der Waals surface area (Å²) in [6.07, 6.45) is 0. The summed E-state index contributed by atoms with van der Waals surface area (Å²) in [6.45, 7) is 1.47. The molecule has 0 saturated heterocycles. The number of nitrogens with zero attached hydrogens (tertiary/aromatic N) is 1. The zero-order valence-corrected chi connectivity index (χ0v) is 12.0. The lowest BCUT2D eigenvalue weighted by molar-refractivity contribution is -0.123. The molecule has 1 heterocycles. The Morgan fingerprint density at radius 1 is 1.30 bits per heavy atom. The molecule has 0 aliphatic heterocycles. The van der Waals surface area contributed by atoms with Crippen molar-refractivity contribution in [1.29, 1.82) is 0 Å².